The molecule has 1 atom stereocenters. The highest BCUT2D eigenvalue weighted by atomic mass is 35.5. The molecule has 6 heteroatoms. The average Bonchev–Trinajstić information content (AvgIpc) is 2.73. The second kappa shape index (κ2) is 9.17. The van der Waals surface area contributed by atoms with Gasteiger partial charge in [-0.3, -0.25) is 9.59 Å². The molecule has 1 N–H and O–H groups in total. The number of carbonyl (C=O) groups excluding carboxylic acids is 3. The van der Waals surface area contributed by atoms with Crippen LogP contribution in [0.25, 0.3) is 0 Å². The van der Waals surface area contributed by atoms with Gasteiger partial charge in [0.2, 0.25) is 11.7 Å². The first kappa shape index (κ1) is 20.3. The zero-order valence-corrected chi connectivity index (χ0v) is 16.3. The Morgan fingerprint density at radius 1 is 0.828 bits per heavy atom. The number of hydrogen-bond acceptors (Lipinski definition) is 4. The molecular formula is C23H18ClNO4. The van der Waals surface area contributed by atoms with E-state index in [4.69, 9.17) is 16.3 Å². The third-order valence-corrected chi connectivity index (χ3v) is 4.39. The molecule has 0 spiro atoms. The molecule has 3 aromatic carbocycles. The molecule has 0 aromatic heterocycles. The molecule has 0 aliphatic rings. The van der Waals surface area contributed by atoms with Crippen LogP contribution in [0.5, 0.6) is 0 Å². The zero-order valence-electron chi connectivity index (χ0n) is 15.6. The second-order valence-electron chi connectivity index (χ2n) is 6.33. The van der Waals surface area contributed by atoms with Gasteiger partial charge in [-0.1, -0.05) is 54.1 Å². The van der Waals surface area contributed by atoms with Gasteiger partial charge in [0, 0.05) is 28.8 Å². The van der Waals surface area contributed by atoms with Crippen molar-refractivity contribution in [2.75, 3.05) is 5.32 Å². The third-order valence-electron chi connectivity index (χ3n) is 4.14. The molecule has 0 saturated heterocycles. The number of anilines is 1. The van der Waals surface area contributed by atoms with E-state index in [9.17, 15) is 14.4 Å². The number of ether oxygens (including phenoxy) is 1. The number of rotatable bonds is 6. The normalized spacial score (nSPS) is 11.4. The molecule has 0 heterocycles. The molecule has 29 heavy (non-hydrogen) atoms. The smallest absolute Gasteiger partial charge is 0.339 e. The van der Waals surface area contributed by atoms with Crippen LogP contribution < -0.4 is 5.32 Å². The Hall–Kier alpha value is -3.44. The highest BCUT2D eigenvalue weighted by Crippen LogP contribution is 2.26. The van der Waals surface area contributed by atoms with Crippen LogP contribution in [0.15, 0.2) is 78.9 Å². The number of hydrogen-bond donors (Lipinski definition) is 1. The number of esters is 1. The van der Waals surface area contributed by atoms with E-state index in [0.717, 1.165) is 0 Å². The van der Waals surface area contributed by atoms with Crippen molar-refractivity contribution in [1.29, 1.82) is 0 Å². The van der Waals surface area contributed by atoms with E-state index in [2.05, 4.69) is 5.32 Å². The SMILES string of the molecule is CC(=O)Nc1ccc(C(=O)O[C@H](C(=O)c2ccccc2)c2ccc(Cl)cc2)cc1. The van der Waals surface area contributed by atoms with Gasteiger partial charge >= 0.3 is 5.97 Å². The van der Waals surface area contributed by atoms with Crippen LogP contribution >= 0.6 is 11.6 Å². The lowest BCUT2D eigenvalue weighted by atomic mass is 9.99. The number of amides is 1. The summed E-state index contributed by atoms with van der Waals surface area (Å²) in [5.41, 5.74) is 1.77. The Morgan fingerprint density at radius 3 is 2.03 bits per heavy atom. The largest absolute Gasteiger partial charge is 0.445 e. The van der Waals surface area contributed by atoms with Gasteiger partial charge in [0.25, 0.3) is 0 Å². The summed E-state index contributed by atoms with van der Waals surface area (Å²) in [7, 11) is 0. The van der Waals surface area contributed by atoms with E-state index in [0.29, 0.717) is 21.8 Å². The van der Waals surface area contributed by atoms with Crippen LogP contribution in [0.3, 0.4) is 0 Å². The van der Waals surface area contributed by atoms with E-state index in [1.54, 1.807) is 66.7 Å². The summed E-state index contributed by atoms with van der Waals surface area (Å²) in [5, 5.41) is 3.14. The molecular weight excluding hydrogens is 390 g/mol. The van der Waals surface area contributed by atoms with E-state index < -0.39 is 12.1 Å². The minimum absolute atomic E-state index is 0.211. The van der Waals surface area contributed by atoms with Crippen LogP contribution in [0, 0.1) is 0 Å². The lowest BCUT2D eigenvalue weighted by molar-refractivity contribution is -0.114. The van der Waals surface area contributed by atoms with Gasteiger partial charge in [-0.05, 0) is 36.4 Å². The van der Waals surface area contributed by atoms with Crippen molar-refractivity contribution in [1.82, 2.24) is 0 Å². The van der Waals surface area contributed by atoms with Crippen LogP contribution in [-0.4, -0.2) is 17.7 Å². The summed E-state index contributed by atoms with van der Waals surface area (Å²) in [4.78, 5) is 36.8. The molecule has 3 aromatic rings. The predicted molar refractivity (Wildman–Crippen MR) is 111 cm³/mol. The van der Waals surface area contributed by atoms with Gasteiger partial charge in [-0.25, -0.2) is 4.79 Å². The summed E-state index contributed by atoms with van der Waals surface area (Å²) in [6.07, 6.45) is -1.11. The molecule has 1 amide bonds. The number of halogens is 1. The van der Waals surface area contributed by atoms with Gasteiger partial charge in [0.15, 0.2) is 6.10 Å². The fourth-order valence-corrected chi connectivity index (χ4v) is 2.86. The first-order valence-corrected chi connectivity index (χ1v) is 9.25. The summed E-state index contributed by atoms with van der Waals surface area (Å²) < 4.78 is 5.58. The molecule has 0 unspecified atom stereocenters. The lowest BCUT2D eigenvalue weighted by Gasteiger charge is -2.18. The van der Waals surface area contributed by atoms with E-state index in [1.807, 2.05) is 0 Å². The lowest BCUT2D eigenvalue weighted by Crippen LogP contribution is -2.20. The van der Waals surface area contributed by atoms with Crippen LogP contribution in [0.1, 0.15) is 39.3 Å². The highest BCUT2D eigenvalue weighted by Gasteiger charge is 2.26. The maximum Gasteiger partial charge on any atom is 0.339 e. The van der Waals surface area contributed by atoms with Crippen molar-refractivity contribution < 1.29 is 19.1 Å². The van der Waals surface area contributed by atoms with Crippen molar-refractivity contribution in [2.45, 2.75) is 13.0 Å². The molecule has 146 valence electrons. The summed E-state index contributed by atoms with van der Waals surface area (Å²) in [6, 6.07) is 21.4. The van der Waals surface area contributed by atoms with Crippen LogP contribution in [-0.2, 0) is 9.53 Å². The summed E-state index contributed by atoms with van der Waals surface area (Å²) >= 11 is 5.94. The maximum atomic E-state index is 13.0. The van der Waals surface area contributed by atoms with Crippen molar-refractivity contribution >= 4 is 34.9 Å². The Labute approximate surface area is 173 Å². The summed E-state index contributed by atoms with van der Waals surface area (Å²) in [6.45, 7) is 1.40. The number of ketones is 1. The number of Topliss-reactive ketones (excluding diaryl/α,β-unsaturated/α-hetero) is 1. The van der Waals surface area contributed by atoms with Crippen molar-refractivity contribution in [3.63, 3.8) is 0 Å². The molecule has 3 rings (SSSR count). The fourth-order valence-electron chi connectivity index (χ4n) is 2.73. The van der Waals surface area contributed by atoms with Gasteiger partial charge < -0.3 is 10.1 Å². The number of carbonyl (C=O) groups is 3. The zero-order chi connectivity index (χ0) is 20.8. The van der Waals surface area contributed by atoms with Crippen molar-refractivity contribution in [3.8, 4) is 0 Å². The van der Waals surface area contributed by atoms with Crippen LogP contribution in [0.4, 0.5) is 5.69 Å². The van der Waals surface area contributed by atoms with E-state index in [1.165, 1.54) is 19.1 Å². The Kier molecular flexibility index (Phi) is 6.42. The molecule has 0 radical (unpaired) electrons. The minimum atomic E-state index is -1.11. The van der Waals surface area contributed by atoms with E-state index in [-0.39, 0.29) is 17.3 Å². The quantitative estimate of drug-likeness (QED) is 0.457. The summed E-state index contributed by atoms with van der Waals surface area (Å²) in [5.74, 6) is -1.20. The van der Waals surface area contributed by atoms with E-state index >= 15 is 0 Å². The highest BCUT2D eigenvalue weighted by molar-refractivity contribution is 6.30. The first-order valence-electron chi connectivity index (χ1n) is 8.87. The third kappa shape index (κ3) is 5.30. The molecule has 0 fully saturated rings. The van der Waals surface area contributed by atoms with Crippen molar-refractivity contribution in [2.24, 2.45) is 0 Å². The molecule has 0 aliphatic carbocycles. The molecule has 0 bridgehead atoms. The fraction of sp³-hybridized carbons (Fsp3) is 0.0870. The first-order chi connectivity index (χ1) is 13.9. The standard InChI is InChI=1S/C23H18ClNO4/c1-15(26)25-20-13-9-18(10-14-20)23(28)29-22(17-7-11-19(24)12-8-17)21(27)16-5-3-2-4-6-16/h2-14,22H,1H3,(H,25,26)/t22-/m0/s1. The number of nitrogens with one attached hydrogen (secondary N) is 1. The molecule has 5 nitrogen and oxygen atoms in total. The van der Waals surface area contributed by atoms with Crippen LogP contribution in [0.2, 0.25) is 5.02 Å². The van der Waals surface area contributed by atoms with Gasteiger partial charge in [0.05, 0.1) is 5.56 Å². The Morgan fingerprint density at radius 2 is 1.45 bits per heavy atom. The average molecular weight is 408 g/mol. The maximum absolute atomic E-state index is 13.0. The minimum Gasteiger partial charge on any atom is -0.445 e. The van der Waals surface area contributed by atoms with Gasteiger partial charge in [-0.2, -0.15) is 0 Å². The van der Waals surface area contributed by atoms with Gasteiger partial charge in [0.1, 0.15) is 0 Å². The topological polar surface area (TPSA) is 72.5 Å². The molecule has 0 saturated carbocycles. The van der Waals surface area contributed by atoms with Crippen molar-refractivity contribution in [3.05, 3.63) is 101 Å². The predicted octanol–water partition coefficient (Wildman–Crippen LogP) is 5.08. The number of benzene rings is 3. The Bertz CT molecular complexity index is 1020. The second-order valence-corrected chi connectivity index (χ2v) is 6.76. The Balaban J connectivity index is 1.86. The van der Waals surface area contributed by atoms with Gasteiger partial charge in [-0.15, -0.1) is 0 Å². The molecule has 0 aliphatic heterocycles. The monoisotopic (exact) mass is 407 g/mol.